The third-order valence-electron chi connectivity index (χ3n) is 4.55. The number of amides is 2. The van der Waals surface area contributed by atoms with Gasteiger partial charge in [-0.05, 0) is 24.6 Å². The van der Waals surface area contributed by atoms with Crippen molar-refractivity contribution in [2.45, 2.75) is 19.9 Å². The van der Waals surface area contributed by atoms with E-state index < -0.39 is 0 Å². The van der Waals surface area contributed by atoms with E-state index in [-0.39, 0.29) is 24.2 Å². The SMILES string of the molecule is COc1ccccc1CNC(=O)C1CC(=O)N(c2ccccc2C)C1. The van der Waals surface area contributed by atoms with E-state index in [0.29, 0.717) is 13.1 Å². The predicted molar refractivity (Wildman–Crippen MR) is 96.5 cm³/mol. The summed E-state index contributed by atoms with van der Waals surface area (Å²) < 4.78 is 5.29. The molecule has 5 heteroatoms. The standard InChI is InChI=1S/C20H22N2O3/c1-14-7-3-5-9-17(14)22-13-16(11-19(22)23)20(24)21-12-15-8-4-6-10-18(15)25-2/h3-10,16H,11-13H2,1-2H3,(H,21,24). The number of aryl methyl sites for hydroxylation is 1. The van der Waals surface area contributed by atoms with Gasteiger partial charge in [-0.2, -0.15) is 0 Å². The Kier molecular flexibility index (Phi) is 5.03. The van der Waals surface area contributed by atoms with Crippen LogP contribution >= 0.6 is 0 Å². The molecule has 1 fully saturated rings. The van der Waals surface area contributed by atoms with Crippen LogP contribution in [0.25, 0.3) is 0 Å². The molecular weight excluding hydrogens is 316 g/mol. The average molecular weight is 338 g/mol. The first-order valence-corrected chi connectivity index (χ1v) is 8.35. The lowest BCUT2D eigenvalue weighted by Gasteiger charge is -2.19. The maximum absolute atomic E-state index is 12.5. The fourth-order valence-electron chi connectivity index (χ4n) is 3.16. The van der Waals surface area contributed by atoms with Crippen molar-refractivity contribution < 1.29 is 14.3 Å². The van der Waals surface area contributed by atoms with Gasteiger partial charge in [-0.25, -0.2) is 0 Å². The zero-order chi connectivity index (χ0) is 17.8. The number of para-hydroxylation sites is 2. The normalized spacial score (nSPS) is 16.8. The molecule has 0 bridgehead atoms. The van der Waals surface area contributed by atoms with Gasteiger partial charge in [0.15, 0.2) is 0 Å². The lowest BCUT2D eigenvalue weighted by Crippen LogP contribution is -2.32. The number of benzene rings is 2. The highest BCUT2D eigenvalue weighted by Gasteiger charge is 2.35. The van der Waals surface area contributed by atoms with Crippen LogP contribution in [-0.4, -0.2) is 25.5 Å². The number of carbonyl (C=O) groups is 2. The first kappa shape index (κ1) is 17.0. The summed E-state index contributed by atoms with van der Waals surface area (Å²) >= 11 is 0. The number of hydrogen-bond donors (Lipinski definition) is 1. The second-order valence-corrected chi connectivity index (χ2v) is 6.22. The van der Waals surface area contributed by atoms with Crippen molar-refractivity contribution in [3.8, 4) is 5.75 Å². The Labute approximate surface area is 147 Å². The van der Waals surface area contributed by atoms with Gasteiger partial charge in [-0.1, -0.05) is 36.4 Å². The van der Waals surface area contributed by atoms with Gasteiger partial charge in [-0.3, -0.25) is 9.59 Å². The van der Waals surface area contributed by atoms with Crippen molar-refractivity contribution in [2.75, 3.05) is 18.6 Å². The fraction of sp³-hybridized carbons (Fsp3) is 0.300. The summed E-state index contributed by atoms with van der Waals surface area (Å²) in [7, 11) is 1.61. The number of carbonyl (C=O) groups excluding carboxylic acids is 2. The smallest absolute Gasteiger partial charge is 0.227 e. The molecule has 2 aromatic carbocycles. The van der Waals surface area contributed by atoms with Crippen molar-refractivity contribution in [1.29, 1.82) is 0 Å². The molecule has 0 radical (unpaired) electrons. The molecule has 2 amide bonds. The lowest BCUT2D eigenvalue weighted by atomic mass is 10.1. The lowest BCUT2D eigenvalue weighted by molar-refractivity contribution is -0.126. The third-order valence-corrected chi connectivity index (χ3v) is 4.55. The number of rotatable bonds is 5. The number of nitrogens with one attached hydrogen (secondary N) is 1. The summed E-state index contributed by atoms with van der Waals surface area (Å²) in [5.41, 5.74) is 2.83. The molecule has 1 atom stereocenters. The zero-order valence-electron chi connectivity index (χ0n) is 14.5. The number of methoxy groups -OCH3 is 1. The molecule has 25 heavy (non-hydrogen) atoms. The number of nitrogens with zero attached hydrogens (tertiary/aromatic N) is 1. The molecule has 1 aliphatic rings. The molecule has 1 heterocycles. The predicted octanol–water partition coefficient (Wildman–Crippen LogP) is 2.67. The summed E-state index contributed by atoms with van der Waals surface area (Å²) in [6, 6.07) is 15.3. The van der Waals surface area contributed by atoms with Crippen LogP contribution in [0.15, 0.2) is 48.5 Å². The van der Waals surface area contributed by atoms with E-state index in [9.17, 15) is 9.59 Å². The van der Waals surface area contributed by atoms with E-state index in [1.807, 2.05) is 55.5 Å². The van der Waals surface area contributed by atoms with Crippen molar-refractivity contribution >= 4 is 17.5 Å². The molecule has 1 aliphatic heterocycles. The molecule has 3 rings (SSSR count). The van der Waals surface area contributed by atoms with E-state index in [1.165, 1.54) is 0 Å². The topological polar surface area (TPSA) is 58.6 Å². The van der Waals surface area contributed by atoms with Crippen LogP contribution in [0.1, 0.15) is 17.5 Å². The number of ether oxygens (including phenoxy) is 1. The first-order valence-electron chi connectivity index (χ1n) is 8.35. The molecule has 2 aromatic rings. The molecule has 1 saturated heterocycles. The van der Waals surface area contributed by atoms with Crippen molar-refractivity contribution in [3.05, 3.63) is 59.7 Å². The molecule has 1 N–H and O–H groups in total. The van der Waals surface area contributed by atoms with Gasteiger partial charge in [0.25, 0.3) is 0 Å². The van der Waals surface area contributed by atoms with E-state index in [0.717, 1.165) is 22.6 Å². The van der Waals surface area contributed by atoms with Gasteiger partial charge in [0.05, 0.1) is 13.0 Å². The highest BCUT2D eigenvalue weighted by Crippen LogP contribution is 2.28. The molecular formula is C20H22N2O3. The largest absolute Gasteiger partial charge is 0.496 e. The molecule has 0 aliphatic carbocycles. The summed E-state index contributed by atoms with van der Waals surface area (Å²) in [6.45, 7) is 2.77. The quantitative estimate of drug-likeness (QED) is 0.912. The van der Waals surface area contributed by atoms with Gasteiger partial charge < -0.3 is 15.0 Å². The van der Waals surface area contributed by atoms with Crippen molar-refractivity contribution in [3.63, 3.8) is 0 Å². The minimum Gasteiger partial charge on any atom is -0.496 e. The Morgan fingerprint density at radius 2 is 1.92 bits per heavy atom. The van der Waals surface area contributed by atoms with Crippen LogP contribution in [0.2, 0.25) is 0 Å². The van der Waals surface area contributed by atoms with Crippen LogP contribution in [0.3, 0.4) is 0 Å². The summed E-state index contributed by atoms with van der Waals surface area (Å²) in [5, 5.41) is 2.92. The highest BCUT2D eigenvalue weighted by atomic mass is 16.5. The molecule has 1 unspecified atom stereocenters. The monoisotopic (exact) mass is 338 g/mol. The molecule has 0 spiro atoms. The maximum atomic E-state index is 12.5. The molecule has 0 aromatic heterocycles. The van der Waals surface area contributed by atoms with Crippen LogP contribution in [0, 0.1) is 12.8 Å². The van der Waals surface area contributed by atoms with Gasteiger partial charge in [0.2, 0.25) is 11.8 Å². The zero-order valence-corrected chi connectivity index (χ0v) is 14.5. The molecule has 0 saturated carbocycles. The van der Waals surface area contributed by atoms with Crippen molar-refractivity contribution in [2.24, 2.45) is 5.92 Å². The summed E-state index contributed by atoms with van der Waals surface area (Å²) in [6.07, 6.45) is 0.242. The fourth-order valence-corrected chi connectivity index (χ4v) is 3.16. The molecule has 5 nitrogen and oxygen atoms in total. The van der Waals surface area contributed by atoms with Crippen LogP contribution in [0.5, 0.6) is 5.75 Å². The Balaban J connectivity index is 1.64. The number of hydrogen-bond acceptors (Lipinski definition) is 3. The third kappa shape index (κ3) is 3.65. The first-order chi connectivity index (χ1) is 12.1. The highest BCUT2D eigenvalue weighted by molar-refractivity contribution is 6.00. The Morgan fingerprint density at radius 1 is 1.20 bits per heavy atom. The molecule has 130 valence electrons. The Bertz CT molecular complexity index is 788. The van der Waals surface area contributed by atoms with Crippen LogP contribution in [0.4, 0.5) is 5.69 Å². The minimum absolute atomic E-state index is 0.00765. The van der Waals surface area contributed by atoms with E-state index in [2.05, 4.69) is 5.32 Å². The van der Waals surface area contributed by atoms with Gasteiger partial charge in [0.1, 0.15) is 5.75 Å². The van der Waals surface area contributed by atoms with E-state index in [1.54, 1.807) is 12.0 Å². The van der Waals surface area contributed by atoms with Gasteiger partial charge >= 0.3 is 0 Å². The minimum atomic E-state index is -0.332. The van der Waals surface area contributed by atoms with E-state index in [4.69, 9.17) is 4.74 Å². The van der Waals surface area contributed by atoms with Crippen LogP contribution in [-0.2, 0) is 16.1 Å². The summed E-state index contributed by atoms with van der Waals surface area (Å²) in [4.78, 5) is 26.5. The maximum Gasteiger partial charge on any atom is 0.227 e. The van der Waals surface area contributed by atoms with Crippen LogP contribution < -0.4 is 15.0 Å². The van der Waals surface area contributed by atoms with Crippen molar-refractivity contribution in [1.82, 2.24) is 5.32 Å². The second-order valence-electron chi connectivity index (χ2n) is 6.22. The number of anilines is 1. The van der Waals surface area contributed by atoms with Gasteiger partial charge in [0, 0.05) is 30.8 Å². The Morgan fingerprint density at radius 3 is 2.68 bits per heavy atom. The van der Waals surface area contributed by atoms with Gasteiger partial charge in [-0.15, -0.1) is 0 Å². The van der Waals surface area contributed by atoms with E-state index >= 15 is 0 Å². The Hall–Kier alpha value is -2.82. The average Bonchev–Trinajstić information content (AvgIpc) is 3.02. The summed E-state index contributed by atoms with van der Waals surface area (Å²) in [5.74, 6) is 0.302. The second kappa shape index (κ2) is 7.38.